The summed E-state index contributed by atoms with van der Waals surface area (Å²) in [7, 11) is 0. The molecule has 0 rings (SSSR count). The number of Topliss-reactive ketones (excluding diaryl/α,β-unsaturated/α-hetero) is 1. The monoisotopic (exact) mass is 352 g/mol. The van der Waals surface area contributed by atoms with Crippen molar-refractivity contribution in [3.8, 4) is 0 Å². The van der Waals surface area contributed by atoms with Crippen molar-refractivity contribution in [3.05, 3.63) is 36.5 Å². The molecule has 25 heavy (non-hydrogen) atoms. The van der Waals surface area contributed by atoms with E-state index in [9.17, 15) is 15.0 Å². The minimum Gasteiger partial charge on any atom is -0.394 e. The van der Waals surface area contributed by atoms with Crippen molar-refractivity contribution in [1.82, 2.24) is 0 Å². The molecule has 144 valence electrons. The normalized spacial score (nSPS) is 14.7. The summed E-state index contributed by atoms with van der Waals surface area (Å²) in [5.41, 5.74) is 0. The third-order valence-electron chi connectivity index (χ3n) is 3.94. The summed E-state index contributed by atoms with van der Waals surface area (Å²) < 4.78 is 0. The highest BCUT2D eigenvalue weighted by atomic mass is 16.4. The maximum atomic E-state index is 11.5. The molecular formula is C21H36O4. The molecule has 0 aliphatic carbocycles. The van der Waals surface area contributed by atoms with Gasteiger partial charge in [0.1, 0.15) is 12.2 Å². The Morgan fingerprint density at radius 3 is 1.88 bits per heavy atom. The Balaban J connectivity index is 3.55. The topological polar surface area (TPSA) is 77.8 Å². The van der Waals surface area contributed by atoms with Crippen molar-refractivity contribution in [1.29, 1.82) is 0 Å². The zero-order chi connectivity index (χ0) is 18.8. The van der Waals surface area contributed by atoms with Gasteiger partial charge in [-0.05, 0) is 44.9 Å². The molecule has 0 saturated heterocycles. The van der Waals surface area contributed by atoms with Crippen LogP contribution in [0.4, 0.5) is 0 Å². The predicted octanol–water partition coefficient (Wildman–Crippen LogP) is 3.86. The van der Waals surface area contributed by atoms with E-state index in [4.69, 9.17) is 5.11 Å². The standard InChI is InChI=1S/C21H36O4/c1-2-3-4-5-6-7-8-9-10-11-12-13-14-15-16-17-19(23)21(25)20(24)18-22/h6-7,9-10,12-13,20-22,24-25H,2-5,8,11,14-18H2,1H3. The van der Waals surface area contributed by atoms with Gasteiger partial charge in [-0.2, -0.15) is 0 Å². The van der Waals surface area contributed by atoms with Gasteiger partial charge in [0.2, 0.25) is 0 Å². The lowest BCUT2D eigenvalue weighted by molar-refractivity contribution is -0.134. The smallest absolute Gasteiger partial charge is 0.164 e. The van der Waals surface area contributed by atoms with E-state index in [1.807, 2.05) is 0 Å². The first kappa shape index (κ1) is 23.8. The number of hydrogen-bond acceptors (Lipinski definition) is 4. The highest BCUT2D eigenvalue weighted by Crippen LogP contribution is 2.06. The van der Waals surface area contributed by atoms with Gasteiger partial charge < -0.3 is 15.3 Å². The van der Waals surface area contributed by atoms with Crippen molar-refractivity contribution in [2.24, 2.45) is 0 Å². The van der Waals surface area contributed by atoms with Crippen molar-refractivity contribution in [2.45, 2.75) is 83.3 Å². The van der Waals surface area contributed by atoms with Crippen LogP contribution in [0.25, 0.3) is 0 Å². The number of unbranched alkanes of at least 4 members (excludes halogenated alkanes) is 5. The molecule has 0 aromatic rings. The van der Waals surface area contributed by atoms with Crippen LogP contribution in [0.1, 0.15) is 71.1 Å². The van der Waals surface area contributed by atoms with E-state index in [1.54, 1.807) is 0 Å². The first-order valence-corrected chi connectivity index (χ1v) is 9.58. The van der Waals surface area contributed by atoms with Crippen LogP contribution in [-0.2, 0) is 4.79 Å². The molecule has 3 N–H and O–H groups in total. The molecule has 0 aromatic carbocycles. The molecule has 4 nitrogen and oxygen atoms in total. The Morgan fingerprint density at radius 1 is 0.840 bits per heavy atom. The molecule has 0 aliphatic rings. The van der Waals surface area contributed by atoms with E-state index in [0.29, 0.717) is 6.42 Å². The number of carbonyl (C=O) groups is 1. The van der Waals surface area contributed by atoms with Gasteiger partial charge in [0.25, 0.3) is 0 Å². The molecule has 0 aliphatic heterocycles. The van der Waals surface area contributed by atoms with Gasteiger partial charge in [0, 0.05) is 6.42 Å². The Labute approximate surface area is 153 Å². The molecular weight excluding hydrogens is 316 g/mol. The summed E-state index contributed by atoms with van der Waals surface area (Å²) in [6, 6.07) is 0. The van der Waals surface area contributed by atoms with Crippen LogP contribution in [0, 0.1) is 0 Å². The molecule has 2 unspecified atom stereocenters. The zero-order valence-electron chi connectivity index (χ0n) is 15.6. The summed E-state index contributed by atoms with van der Waals surface area (Å²) in [5.74, 6) is -0.406. The van der Waals surface area contributed by atoms with Gasteiger partial charge in [-0.1, -0.05) is 56.2 Å². The maximum Gasteiger partial charge on any atom is 0.164 e. The molecule has 0 spiro atoms. The average molecular weight is 353 g/mol. The fourth-order valence-corrected chi connectivity index (χ4v) is 2.31. The van der Waals surface area contributed by atoms with Gasteiger partial charge in [-0.3, -0.25) is 4.79 Å². The molecule has 0 radical (unpaired) electrons. The molecule has 0 bridgehead atoms. The van der Waals surface area contributed by atoms with Crippen LogP contribution in [0.5, 0.6) is 0 Å². The Hall–Kier alpha value is -1.23. The second-order valence-corrected chi connectivity index (χ2v) is 6.29. The summed E-state index contributed by atoms with van der Waals surface area (Å²) in [6.07, 6.45) is 19.8. The second-order valence-electron chi connectivity index (χ2n) is 6.29. The zero-order valence-corrected chi connectivity index (χ0v) is 15.6. The molecule has 4 heteroatoms. The van der Waals surface area contributed by atoms with Crippen molar-refractivity contribution < 1.29 is 20.1 Å². The molecule has 0 fully saturated rings. The average Bonchev–Trinajstić information content (AvgIpc) is 2.63. The number of allylic oxidation sites excluding steroid dienone is 6. The summed E-state index contributed by atoms with van der Waals surface area (Å²) in [5, 5.41) is 27.3. The molecule has 2 atom stereocenters. The maximum absolute atomic E-state index is 11.5. The fraction of sp³-hybridized carbons (Fsp3) is 0.667. The van der Waals surface area contributed by atoms with Crippen molar-refractivity contribution >= 4 is 5.78 Å². The lowest BCUT2D eigenvalue weighted by Crippen LogP contribution is -2.36. The third kappa shape index (κ3) is 14.8. The highest BCUT2D eigenvalue weighted by Gasteiger charge is 2.22. The van der Waals surface area contributed by atoms with E-state index < -0.39 is 24.6 Å². The number of hydrogen-bond donors (Lipinski definition) is 3. The molecule has 0 heterocycles. The first-order valence-electron chi connectivity index (χ1n) is 9.58. The van der Waals surface area contributed by atoms with E-state index >= 15 is 0 Å². The van der Waals surface area contributed by atoms with Gasteiger partial charge in [-0.25, -0.2) is 0 Å². The van der Waals surface area contributed by atoms with Crippen LogP contribution in [0.2, 0.25) is 0 Å². The summed E-state index contributed by atoms with van der Waals surface area (Å²) >= 11 is 0. The largest absolute Gasteiger partial charge is 0.394 e. The number of aliphatic hydroxyl groups excluding tert-OH is 3. The first-order chi connectivity index (χ1) is 12.1. The lowest BCUT2D eigenvalue weighted by atomic mass is 10.0. The van der Waals surface area contributed by atoms with Gasteiger partial charge in [0.05, 0.1) is 6.61 Å². The van der Waals surface area contributed by atoms with Gasteiger partial charge in [-0.15, -0.1) is 0 Å². The number of ketones is 1. The van der Waals surface area contributed by atoms with E-state index in [-0.39, 0.29) is 6.42 Å². The van der Waals surface area contributed by atoms with Crippen molar-refractivity contribution in [2.75, 3.05) is 6.61 Å². The Kier molecular flexibility index (Phi) is 16.7. The SMILES string of the molecule is CCCCCC=CCC=CCC=CCCCCC(=O)C(O)C(O)CO. The minimum absolute atomic E-state index is 0.233. The van der Waals surface area contributed by atoms with Gasteiger partial charge in [0.15, 0.2) is 5.78 Å². The lowest BCUT2D eigenvalue weighted by Gasteiger charge is -2.13. The van der Waals surface area contributed by atoms with Crippen molar-refractivity contribution in [3.63, 3.8) is 0 Å². The van der Waals surface area contributed by atoms with E-state index in [2.05, 4.69) is 43.4 Å². The van der Waals surface area contributed by atoms with Crippen LogP contribution < -0.4 is 0 Å². The van der Waals surface area contributed by atoms with Crippen LogP contribution >= 0.6 is 0 Å². The quantitative estimate of drug-likeness (QED) is 0.291. The number of carbonyl (C=O) groups excluding carboxylic acids is 1. The van der Waals surface area contributed by atoms with E-state index in [0.717, 1.165) is 25.7 Å². The summed E-state index contributed by atoms with van der Waals surface area (Å²) in [6.45, 7) is 1.62. The second kappa shape index (κ2) is 17.6. The fourth-order valence-electron chi connectivity index (χ4n) is 2.31. The molecule has 0 saturated carbocycles. The predicted molar refractivity (Wildman–Crippen MR) is 103 cm³/mol. The number of rotatable bonds is 16. The Morgan fingerprint density at radius 2 is 1.36 bits per heavy atom. The summed E-state index contributed by atoms with van der Waals surface area (Å²) in [4.78, 5) is 11.5. The molecule has 0 amide bonds. The van der Waals surface area contributed by atoms with E-state index in [1.165, 1.54) is 25.7 Å². The van der Waals surface area contributed by atoms with Crippen LogP contribution in [0.3, 0.4) is 0 Å². The Bertz CT molecular complexity index is 399. The van der Waals surface area contributed by atoms with Gasteiger partial charge >= 0.3 is 0 Å². The number of aliphatic hydroxyl groups is 3. The van der Waals surface area contributed by atoms with Crippen LogP contribution in [-0.4, -0.2) is 39.9 Å². The minimum atomic E-state index is -1.47. The highest BCUT2D eigenvalue weighted by molar-refractivity contribution is 5.83. The van der Waals surface area contributed by atoms with Crippen LogP contribution in [0.15, 0.2) is 36.5 Å². The third-order valence-corrected chi connectivity index (χ3v) is 3.94. The molecule has 0 aromatic heterocycles.